The molecule has 0 saturated heterocycles. The van der Waals surface area contributed by atoms with Gasteiger partial charge in [-0.25, -0.2) is 4.39 Å². The third kappa shape index (κ3) is 2.71. The maximum absolute atomic E-state index is 13.9. The van der Waals surface area contributed by atoms with Crippen LogP contribution in [0.25, 0.3) is 11.4 Å². The van der Waals surface area contributed by atoms with Gasteiger partial charge >= 0.3 is 0 Å². The number of pyridine rings is 1. The molecule has 0 spiro atoms. The van der Waals surface area contributed by atoms with Gasteiger partial charge in [-0.3, -0.25) is 15.1 Å². The van der Waals surface area contributed by atoms with Crippen LogP contribution in [0.4, 0.5) is 4.39 Å². The van der Waals surface area contributed by atoms with Crippen molar-refractivity contribution in [2.24, 2.45) is 5.73 Å². The van der Waals surface area contributed by atoms with E-state index in [-0.39, 0.29) is 18.2 Å². The number of aromatic nitrogens is 3. The highest BCUT2D eigenvalue weighted by molar-refractivity contribution is 5.94. The number of nitrogen functional groups attached to an aromatic ring is 1. The summed E-state index contributed by atoms with van der Waals surface area (Å²) in [4.78, 5) is 4.28. The lowest BCUT2D eigenvalue weighted by atomic mass is 10.2. The highest BCUT2D eigenvalue weighted by Gasteiger charge is 2.14. The number of nitrogens with two attached hydrogens (primary N) is 1. The minimum Gasteiger partial charge on any atom is -0.382 e. The van der Waals surface area contributed by atoms with Crippen LogP contribution in [0.5, 0.6) is 0 Å². The van der Waals surface area contributed by atoms with Crippen LogP contribution in [0.2, 0.25) is 0 Å². The minimum absolute atomic E-state index is 0.135. The first-order chi connectivity index (χ1) is 10.6. The Labute approximate surface area is 126 Å². The van der Waals surface area contributed by atoms with Crippen LogP contribution in [0, 0.1) is 11.2 Å². The zero-order valence-corrected chi connectivity index (χ0v) is 11.7. The summed E-state index contributed by atoms with van der Waals surface area (Å²) in [6, 6.07) is 13.7. The fourth-order valence-electron chi connectivity index (χ4n) is 2.18. The number of nitrogens with zero attached hydrogens (tertiary/aromatic N) is 3. The van der Waals surface area contributed by atoms with E-state index < -0.39 is 0 Å². The van der Waals surface area contributed by atoms with E-state index in [1.54, 1.807) is 35.1 Å². The number of rotatable bonds is 4. The van der Waals surface area contributed by atoms with E-state index in [4.69, 9.17) is 11.1 Å². The first-order valence-electron chi connectivity index (χ1n) is 6.72. The highest BCUT2D eigenvalue weighted by atomic mass is 19.1. The van der Waals surface area contributed by atoms with Crippen LogP contribution in [-0.4, -0.2) is 20.6 Å². The number of amidine groups is 1. The van der Waals surface area contributed by atoms with Gasteiger partial charge in [0, 0.05) is 11.8 Å². The van der Waals surface area contributed by atoms with Gasteiger partial charge in [-0.15, -0.1) is 0 Å². The van der Waals surface area contributed by atoms with Gasteiger partial charge in [0.05, 0.1) is 17.9 Å². The Morgan fingerprint density at radius 2 is 1.95 bits per heavy atom. The summed E-state index contributed by atoms with van der Waals surface area (Å²) < 4.78 is 15.5. The fourth-order valence-corrected chi connectivity index (χ4v) is 2.18. The third-order valence-electron chi connectivity index (χ3n) is 3.26. The lowest BCUT2D eigenvalue weighted by Gasteiger charge is -2.07. The van der Waals surface area contributed by atoms with E-state index in [1.165, 1.54) is 6.07 Å². The van der Waals surface area contributed by atoms with Crippen molar-refractivity contribution in [3.05, 3.63) is 71.8 Å². The molecule has 0 radical (unpaired) electrons. The lowest BCUT2D eigenvalue weighted by molar-refractivity contribution is 0.586. The van der Waals surface area contributed by atoms with E-state index in [9.17, 15) is 4.39 Å². The molecule has 22 heavy (non-hydrogen) atoms. The quantitative estimate of drug-likeness (QED) is 0.573. The molecule has 6 heteroatoms. The van der Waals surface area contributed by atoms with E-state index >= 15 is 0 Å². The predicted molar refractivity (Wildman–Crippen MR) is 82.0 cm³/mol. The van der Waals surface area contributed by atoms with Gasteiger partial charge in [0.2, 0.25) is 0 Å². The number of nitrogens with one attached hydrogen (secondary N) is 1. The van der Waals surface area contributed by atoms with Gasteiger partial charge in [0.1, 0.15) is 17.3 Å². The monoisotopic (exact) mass is 295 g/mol. The number of halogens is 1. The first kappa shape index (κ1) is 13.9. The Kier molecular flexibility index (Phi) is 3.65. The van der Waals surface area contributed by atoms with Gasteiger partial charge in [-0.2, -0.15) is 5.10 Å². The summed E-state index contributed by atoms with van der Waals surface area (Å²) in [7, 11) is 0. The average Bonchev–Trinajstić information content (AvgIpc) is 2.95. The Hall–Kier alpha value is -3.02. The molecule has 2 aromatic heterocycles. The van der Waals surface area contributed by atoms with E-state index in [0.29, 0.717) is 22.6 Å². The maximum atomic E-state index is 13.9. The molecule has 110 valence electrons. The van der Waals surface area contributed by atoms with Crippen molar-refractivity contribution in [3.63, 3.8) is 0 Å². The number of benzene rings is 1. The van der Waals surface area contributed by atoms with Gasteiger partial charge in [0.25, 0.3) is 0 Å². The Morgan fingerprint density at radius 3 is 2.64 bits per heavy atom. The van der Waals surface area contributed by atoms with E-state index in [1.807, 2.05) is 18.2 Å². The number of hydrogen-bond acceptors (Lipinski definition) is 3. The molecule has 3 rings (SSSR count). The van der Waals surface area contributed by atoms with Crippen molar-refractivity contribution in [1.82, 2.24) is 14.8 Å². The number of hydrogen-bond donors (Lipinski definition) is 2. The summed E-state index contributed by atoms with van der Waals surface area (Å²) in [6.45, 7) is 0.242. The summed E-state index contributed by atoms with van der Waals surface area (Å²) >= 11 is 0. The molecule has 0 amide bonds. The van der Waals surface area contributed by atoms with Crippen molar-refractivity contribution >= 4 is 5.84 Å². The van der Waals surface area contributed by atoms with Gasteiger partial charge in [0.15, 0.2) is 0 Å². The van der Waals surface area contributed by atoms with Crippen molar-refractivity contribution in [3.8, 4) is 11.4 Å². The first-order valence-corrected chi connectivity index (χ1v) is 6.72. The largest absolute Gasteiger partial charge is 0.382 e. The van der Waals surface area contributed by atoms with Crippen molar-refractivity contribution in [2.45, 2.75) is 6.54 Å². The van der Waals surface area contributed by atoms with Crippen molar-refractivity contribution in [1.29, 1.82) is 5.41 Å². The van der Waals surface area contributed by atoms with Gasteiger partial charge in [-0.05, 0) is 24.3 Å². The standard InChI is InChI=1S/C16H14FN5/c17-12-6-2-1-5-11(12)10-22-15(9-14(21-22)16(18)19)13-7-3-4-8-20-13/h1-9H,10H2,(H3,18,19). The molecule has 0 fully saturated rings. The molecule has 5 nitrogen and oxygen atoms in total. The van der Waals surface area contributed by atoms with Crippen molar-refractivity contribution in [2.75, 3.05) is 0 Å². The van der Waals surface area contributed by atoms with Crippen LogP contribution >= 0.6 is 0 Å². The lowest BCUT2D eigenvalue weighted by Crippen LogP contribution is -2.13. The maximum Gasteiger partial charge on any atom is 0.143 e. The zero-order valence-electron chi connectivity index (χ0n) is 11.7. The van der Waals surface area contributed by atoms with Crippen LogP contribution in [0.3, 0.4) is 0 Å². The van der Waals surface area contributed by atoms with Gasteiger partial charge in [-0.1, -0.05) is 24.3 Å². The van der Waals surface area contributed by atoms with Crippen LogP contribution in [0.15, 0.2) is 54.7 Å². The Bertz CT molecular complexity index is 810. The molecule has 2 heterocycles. The second-order valence-electron chi connectivity index (χ2n) is 4.79. The molecule has 0 aliphatic rings. The molecule has 0 saturated carbocycles. The molecular formula is C16H14FN5. The van der Waals surface area contributed by atoms with E-state index in [0.717, 1.165) is 0 Å². The second kappa shape index (κ2) is 5.77. The normalized spacial score (nSPS) is 10.6. The van der Waals surface area contributed by atoms with Gasteiger partial charge < -0.3 is 5.73 Å². The molecule has 0 aliphatic heterocycles. The SMILES string of the molecule is N=C(N)c1cc(-c2ccccn2)n(Cc2ccccc2F)n1. The zero-order chi connectivity index (χ0) is 15.5. The predicted octanol–water partition coefficient (Wildman–Crippen LogP) is 2.42. The summed E-state index contributed by atoms with van der Waals surface area (Å²) in [6.07, 6.45) is 1.67. The highest BCUT2D eigenvalue weighted by Crippen LogP contribution is 2.20. The average molecular weight is 295 g/mol. The molecule has 0 unspecified atom stereocenters. The molecular weight excluding hydrogens is 281 g/mol. The Balaban J connectivity index is 2.06. The topological polar surface area (TPSA) is 80.6 Å². The van der Waals surface area contributed by atoms with Crippen molar-refractivity contribution < 1.29 is 4.39 Å². The summed E-state index contributed by atoms with van der Waals surface area (Å²) in [5.41, 5.74) is 7.75. The molecule has 0 aliphatic carbocycles. The van der Waals surface area contributed by atoms with Crippen LogP contribution in [0.1, 0.15) is 11.3 Å². The molecule has 0 bridgehead atoms. The smallest absolute Gasteiger partial charge is 0.143 e. The second-order valence-corrected chi connectivity index (χ2v) is 4.79. The Morgan fingerprint density at radius 1 is 1.18 bits per heavy atom. The van der Waals surface area contributed by atoms with E-state index in [2.05, 4.69) is 10.1 Å². The summed E-state index contributed by atoms with van der Waals surface area (Å²) in [5.74, 6) is -0.432. The van der Waals surface area contributed by atoms with Crippen LogP contribution < -0.4 is 5.73 Å². The molecule has 0 atom stereocenters. The fraction of sp³-hybridized carbons (Fsp3) is 0.0625. The van der Waals surface area contributed by atoms with Crippen LogP contribution in [-0.2, 0) is 6.54 Å². The molecule has 3 N–H and O–H groups in total. The molecule has 3 aromatic rings. The summed E-state index contributed by atoms with van der Waals surface area (Å²) in [5, 5.41) is 11.8. The molecule has 1 aromatic carbocycles. The third-order valence-corrected chi connectivity index (χ3v) is 3.26. The minimum atomic E-state index is -0.297.